The largest absolute Gasteiger partial charge is 0.448 e. The first-order valence-electron chi connectivity index (χ1n) is 5.01. The number of hydrogen-bond donors (Lipinski definition) is 2. The van der Waals surface area contributed by atoms with E-state index in [2.05, 4.69) is 10.1 Å². The highest BCUT2D eigenvalue weighted by Gasteiger charge is 2.00. The average molecular weight is 260 g/mol. The van der Waals surface area contributed by atoms with Gasteiger partial charge in [-0.15, -0.1) is 0 Å². The Morgan fingerprint density at radius 2 is 2.35 bits per heavy atom. The van der Waals surface area contributed by atoms with Gasteiger partial charge in [-0.2, -0.15) is 0 Å². The van der Waals surface area contributed by atoms with Crippen LogP contribution in [0.5, 0.6) is 0 Å². The Labute approximate surface area is 104 Å². The lowest BCUT2D eigenvalue weighted by atomic mass is 10.1. The summed E-state index contributed by atoms with van der Waals surface area (Å²) < 4.78 is 17.4. The zero-order chi connectivity index (χ0) is 12.7. The Hall–Kier alpha value is -1.33. The van der Waals surface area contributed by atoms with Crippen molar-refractivity contribution in [1.29, 1.82) is 0 Å². The molecule has 4 nitrogen and oxygen atoms in total. The first kappa shape index (κ1) is 13.7. The van der Waals surface area contributed by atoms with Gasteiger partial charge in [0, 0.05) is 19.5 Å². The summed E-state index contributed by atoms with van der Waals surface area (Å²) in [6.07, 6.45) is 1.05. The molecule has 0 fully saturated rings. The monoisotopic (exact) mass is 259 g/mol. The number of carbonyl (C=O) groups is 1. The van der Waals surface area contributed by atoms with Crippen molar-refractivity contribution in [2.24, 2.45) is 5.73 Å². The van der Waals surface area contributed by atoms with Crippen LogP contribution in [0.15, 0.2) is 18.2 Å². The number of halogens is 2. The molecule has 93 valence electrons. The van der Waals surface area contributed by atoms with Crippen molar-refractivity contribution in [1.82, 2.24) is 5.32 Å². The summed E-state index contributed by atoms with van der Waals surface area (Å²) in [6.45, 7) is 1.27. The fraction of sp³-hybridized carbons (Fsp3) is 0.273. The lowest BCUT2D eigenvalue weighted by molar-refractivity contribution is 0.157. The maximum atomic E-state index is 12.8. The smallest absolute Gasteiger partial charge is 0.404 e. The molecule has 1 radical (unpaired) electrons. The first-order valence-corrected chi connectivity index (χ1v) is 5.38. The molecule has 0 aliphatic rings. The minimum atomic E-state index is -0.791. The number of hydrogen-bond acceptors (Lipinski definition) is 3. The quantitative estimate of drug-likeness (QED) is 0.765. The topological polar surface area (TPSA) is 64.4 Å². The molecule has 1 aromatic rings. The number of nitrogens with one attached hydrogen (secondary N) is 1. The van der Waals surface area contributed by atoms with Gasteiger partial charge in [0.1, 0.15) is 12.4 Å². The molecule has 1 aromatic carbocycles. The van der Waals surface area contributed by atoms with Crippen LogP contribution < -0.4 is 11.1 Å². The fourth-order valence-corrected chi connectivity index (χ4v) is 1.34. The molecule has 1 rings (SSSR count). The molecule has 0 aromatic heterocycles. The van der Waals surface area contributed by atoms with Crippen LogP contribution in [0.3, 0.4) is 0 Å². The number of rotatable bonds is 6. The zero-order valence-electron chi connectivity index (χ0n) is 9.08. The molecule has 0 saturated heterocycles. The minimum absolute atomic E-state index is 0.0933. The molecular formula is C11H13ClFN2O2. The Morgan fingerprint density at radius 3 is 3.00 bits per heavy atom. The van der Waals surface area contributed by atoms with Crippen LogP contribution in [0.25, 0.3) is 0 Å². The molecule has 0 spiro atoms. The van der Waals surface area contributed by atoms with Crippen molar-refractivity contribution in [3.05, 3.63) is 41.0 Å². The highest BCUT2D eigenvalue weighted by molar-refractivity contribution is 6.30. The molecule has 0 saturated carbocycles. The van der Waals surface area contributed by atoms with E-state index in [1.165, 1.54) is 6.07 Å². The summed E-state index contributed by atoms with van der Waals surface area (Å²) in [4.78, 5) is 10.2. The number of benzene rings is 1. The molecule has 0 atom stereocenters. The maximum absolute atomic E-state index is 12.8. The molecule has 6 heteroatoms. The minimum Gasteiger partial charge on any atom is -0.448 e. The molecular weight excluding hydrogens is 247 g/mol. The van der Waals surface area contributed by atoms with Gasteiger partial charge in [-0.3, -0.25) is 0 Å². The van der Waals surface area contributed by atoms with Gasteiger partial charge in [0.2, 0.25) is 0 Å². The molecule has 0 aliphatic heterocycles. The van der Waals surface area contributed by atoms with Crippen LogP contribution >= 0.6 is 11.6 Å². The van der Waals surface area contributed by atoms with E-state index in [1.54, 1.807) is 12.1 Å². The van der Waals surface area contributed by atoms with Crippen molar-refractivity contribution < 1.29 is 13.9 Å². The summed E-state index contributed by atoms with van der Waals surface area (Å²) in [7, 11) is 0. The van der Waals surface area contributed by atoms with Crippen LogP contribution in [-0.2, 0) is 4.74 Å². The van der Waals surface area contributed by atoms with Crippen molar-refractivity contribution in [3.63, 3.8) is 0 Å². The van der Waals surface area contributed by atoms with Gasteiger partial charge >= 0.3 is 6.09 Å². The first-order chi connectivity index (χ1) is 8.09. The SMILES string of the molecule is NC(=O)OCCNC[CH]c1ccc(F)c(Cl)c1. The van der Waals surface area contributed by atoms with E-state index in [9.17, 15) is 9.18 Å². The van der Waals surface area contributed by atoms with E-state index in [0.717, 1.165) is 5.56 Å². The van der Waals surface area contributed by atoms with E-state index in [1.807, 2.05) is 6.42 Å². The standard InChI is InChI=1S/C11H13ClFN2O2/c12-9-7-8(1-2-10(9)13)3-4-15-5-6-17-11(14)16/h1-3,7,15H,4-6H2,(H2,14,16). The summed E-state index contributed by atoms with van der Waals surface area (Å²) in [5.74, 6) is -0.438. The van der Waals surface area contributed by atoms with Gasteiger partial charge < -0.3 is 15.8 Å². The number of ether oxygens (including phenoxy) is 1. The van der Waals surface area contributed by atoms with Crippen LogP contribution in [0.4, 0.5) is 9.18 Å². The zero-order valence-corrected chi connectivity index (χ0v) is 9.84. The van der Waals surface area contributed by atoms with Gasteiger partial charge in [0.15, 0.2) is 0 Å². The fourth-order valence-electron chi connectivity index (χ4n) is 1.16. The predicted molar refractivity (Wildman–Crippen MR) is 63.2 cm³/mol. The van der Waals surface area contributed by atoms with E-state index in [0.29, 0.717) is 13.1 Å². The third kappa shape index (κ3) is 5.51. The Kier molecular flexibility index (Phi) is 5.72. The average Bonchev–Trinajstić information content (AvgIpc) is 2.27. The highest BCUT2D eigenvalue weighted by Crippen LogP contribution is 2.16. The van der Waals surface area contributed by atoms with Gasteiger partial charge in [0.25, 0.3) is 0 Å². The lowest BCUT2D eigenvalue weighted by Gasteiger charge is -2.05. The molecule has 17 heavy (non-hydrogen) atoms. The van der Waals surface area contributed by atoms with Crippen LogP contribution in [-0.4, -0.2) is 25.8 Å². The summed E-state index contributed by atoms with van der Waals surface area (Å²) in [6, 6.07) is 4.48. The molecule has 1 amide bonds. The molecule has 0 unspecified atom stereocenters. The summed E-state index contributed by atoms with van der Waals surface area (Å²) in [5, 5.41) is 3.09. The molecule has 0 aliphatic carbocycles. The van der Waals surface area contributed by atoms with Crippen molar-refractivity contribution >= 4 is 17.7 Å². The van der Waals surface area contributed by atoms with Gasteiger partial charge in [-0.1, -0.05) is 17.7 Å². The van der Waals surface area contributed by atoms with Crippen molar-refractivity contribution in [2.75, 3.05) is 19.7 Å². The van der Waals surface area contributed by atoms with Crippen LogP contribution in [0.1, 0.15) is 5.56 Å². The van der Waals surface area contributed by atoms with Crippen LogP contribution in [0.2, 0.25) is 5.02 Å². The predicted octanol–water partition coefficient (Wildman–Crippen LogP) is 1.72. The number of nitrogens with two attached hydrogens (primary N) is 1. The summed E-state index contributed by atoms with van der Waals surface area (Å²) in [5.41, 5.74) is 5.60. The second-order valence-corrected chi connectivity index (χ2v) is 3.66. The molecule has 3 N–H and O–H groups in total. The third-order valence-electron chi connectivity index (χ3n) is 1.95. The van der Waals surface area contributed by atoms with E-state index < -0.39 is 11.9 Å². The lowest BCUT2D eigenvalue weighted by Crippen LogP contribution is -2.24. The Bertz CT molecular complexity index is 388. The maximum Gasteiger partial charge on any atom is 0.404 e. The second-order valence-electron chi connectivity index (χ2n) is 3.25. The van der Waals surface area contributed by atoms with Crippen LogP contribution in [0, 0.1) is 12.2 Å². The number of carbonyl (C=O) groups excluding carboxylic acids is 1. The van der Waals surface area contributed by atoms with Crippen molar-refractivity contribution in [3.8, 4) is 0 Å². The van der Waals surface area contributed by atoms with E-state index >= 15 is 0 Å². The Balaban J connectivity index is 2.18. The third-order valence-corrected chi connectivity index (χ3v) is 2.24. The normalized spacial score (nSPS) is 10.2. The van der Waals surface area contributed by atoms with Crippen molar-refractivity contribution in [2.45, 2.75) is 0 Å². The Morgan fingerprint density at radius 1 is 1.59 bits per heavy atom. The molecule has 0 heterocycles. The van der Waals surface area contributed by atoms with Gasteiger partial charge in [-0.05, 0) is 17.7 Å². The number of primary amides is 1. The summed E-state index contributed by atoms with van der Waals surface area (Å²) >= 11 is 5.62. The van der Waals surface area contributed by atoms with E-state index in [-0.39, 0.29) is 11.6 Å². The van der Waals surface area contributed by atoms with Gasteiger partial charge in [0.05, 0.1) is 5.02 Å². The second kappa shape index (κ2) is 7.09. The molecule has 0 bridgehead atoms. The van der Waals surface area contributed by atoms with E-state index in [4.69, 9.17) is 17.3 Å². The van der Waals surface area contributed by atoms with Gasteiger partial charge in [-0.25, -0.2) is 9.18 Å². The number of amides is 1. The highest BCUT2D eigenvalue weighted by atomic mass is 35.5.